The summed E-state index contributed by atoms with van der Waals surface area (Å²) in [6.45, 7) is 19.1. The van der Waals surface area contributed by atoms with Crippen molar-refractivity contribution in [3.05, 3.63) is 0 Å². The summed E-state index contributed by atoms with van der Waals surface area (Å²) < 4.78 is 11.7. The summed E-state index contributed by atoms with van der Waals surface area (Å²) in [5, 5.41) is 3.11. The summed E-state index contributed by atoms with van der Waals surface area (Å²) in [5.74, 6) is 1.54. The van der Waals surface area contributed by atoms with Crippen LogP contribution < -0.4 is 5.32 Å². The standard InChI is InChI=1S/C23H44N4O3/c1-18(2)12-26-9-10-29-22(16-26)11-24-23(28)17-25-7-5-21(6-8-25)15-27-13-19(3)30-20(4)14-27/h18-22H,5-17H2,1-4H3,(H,24,28). The van der Waals surface area contributed by atoms with E-state index < -0.39 is 0 Å². The summed E-state index contributed by atoms with van der Waals surface area (Å²) in [4.78, 5) is 19.8. The normalized spacial score (nSPS) is 30.6. The van der Waals surface area contributed by atoms with Gasteiger partial charge in [-0.15, -0.1) is 0 Å². The molecule has 0 aromatic heterocycles. The summed E-state index contributed by atoms with van der Waals surface area (Å²) in [5.41, 5.74) is 0. The van der Waals surface area contributed by atoms with E-state index in [0.29, 0.717) is 31.2 Å². The SMILES string of the molecule is CC(C)CN1CCOC(CNC(=O)CN2CCC(CN3CC(C)OC(C)C3)CC2)C1. The molecule has 3 atom stereocenters. The lowest BCUT2D eigenvalue weighted by molar-refractivity contribution is -0.124. The first kappa shape index (κ1) is 23.9. The van der Waals surface area contributed by atoms with Gasteiger partial charge in [-0.05, 0) is 51.6 Å². The Morgan fingerprint density at radius 1 is 1.00 bits per heavy atom. The summed E-state index contributed by atoms with van der Waals surface area (Å²) in [6, 6.07) is 0. The molecule has 174 valence electrons. The third kappa shape index (κ3) is 8.08. The van der Waals surface area contributed by atoms with Gasteiger partial charge >= 0.3 is 0 Å². The Morgan fingerprint density at radius 2 is 1.70 bits per heavy atom. The molecule has 7 heteroatoms. The Balaban J connectivity index is 1.29. The molecule has 0 radical (unpaired) electrons. The zero-order valence-corrected chi connectivity index (χ0v) is 19.6. The van der Waals surface area contributed by atoms with Gasteiger partial charge in [-0.1, -0.05) is 13.8 Å². The van der Waals surface area contributed by atoms with Crippen LogP contribution in [-0.2, 0) is 14.3 Å². The number of likely N-dealkylation sites (tertiary alicyclic amines) is 1. The number of nitrogens with one attached hydrogen (secondary N) is 1. The lowest BCUT2D eigenvalue weighted by Gasteiger charge is -2.39. The number of amides is 1. The third-order valence-corrected chi connectivity index (χ3v) is 6.46. The molecule has 1 amide bonds. The number of hydrogen-bond donors (Lipinski definition) is 1. The highest BCUT2D eigenvalue weighted by molar-refractivity contribution is 5.78. The van der Waals surface area contributed by atoms with Gasteiger partial charge in [0, 0.05) is 45.8 Å². The Hall–Kier alpha value is -0.730. The zero-order valence-electron chi connectivity index (χ0n) is 19.6. The van der Waals surface area contributed by atoms with Gasteiger partial charge in [0.15, 0.2) is 0 Å². The molecular weight excluding hydrogens is 380 g/mol. The van der Waals surface area contributed by atoms with Crippen LogP contribution in [0.15, 0.2) is 0 Å². The van der Waals surface area contributed by atoms with E-state index in [4.69, 9.17) is 9.47 Å². The molecule has 3 saturated heterocycles. The fourth-order valence-corrected chi connectivity index (χ4v) is 5.20. The highest BCUT2D eigenvalue weighted by atomic mass is 16.5. The van der Waals surface area contributed by atoms with E-state index in [1.54, 1.807) is 0 Å². The van der Waals surface area contributed by atoms with E-state index in [1.807, 2.05) is 0 Å². The van der Waals surface area contributed by atoms with Gasteiger partial charge in [0.1, 0.15) is 0 Å². The van der Waals surface area contributed by atoms with Crippen molar-refractivity contribution in [2.45, 2.75) is 58.8 Å². The van der Waals surface area contributed by atoms with Crippen molar-refractivity contribution < 1.29 is 14.3 Å². The Labute approximate surface area is 183 Å². The fourth-order valence-electron chi connectivity index (χ4n) is 5.20. The second-order valence-electron chi connectivity index (χ2n) is 10.1. The van der Waals surface area contributed by atoms with Crippen LogP contribution in [0.1, 0.15) is 40.5 Å². The number of morpholine rings is 2. The monoisotopic (exact) mass is 424 g/mol. The van der Waals surface area contributed by atoms with E-state index in [9.17, 15) is 4.79 Å². The maximum Gasteiger partial charge on any atom is 0.234 e. The van der Waals surface area contributed by atoms with E-state index >= 15 is 0 Å². The average Bonchev–Trinajstić information content (AvgIpc) is 2.67. The highest BCUT2D eigenvalue weighted by Gasteiger charge is 2.27. The number of piperidine rings is 1. The first-order valence-electron chi connectivity index (χ1n) is 12.1. The lowest BCUT2D eigenvalue weighted by atomic mass is 9.95. The largest absolute Gasteiger partial charge is 0.374 e. The van der Waals surface area contributed by atoms with Crippen molar-refractivity contribution in [2.75, 3.05) is 72.1 Å². The van der Waals surface area contributed by atoms with Crippen LogP contribution in [-0.4, -0.2) is 111 Å². The maximum atomic E-state index is 12.4. The highest BCUT2D eigenvalue weighted by Crippen LogP contribution is 2.20. The molecular formula is C23H44N4O3. The van der Waals surface area contributed by atoms with Crippen LogP contribution in [0.25, 0.3) is 0 Å². The predicted molar refractivity (Wildman–Crippen MR) is 120 cm³/mol. The van der Waals surface area contributed by atoms with Crippen molar-refractivity contribution in [2.24, 2.45) is 11.8 Å². The van der Waals surface area contributed by atoms with Gasteiger partial charge in [0.05, 0.1) is 31.5 Å². The summed E-state index contributed by atoms with van der Waals surface area (Å²) in [6.07, 6.45) is 3.16. The van der Waals surface area contributed by atoms with Gasteiger partial charge < -0.3 is 14.8 Å². The number of rotatable bonds is 8. The van der Waals surface area contributed by atoms with Gasteiger partial charge in [-0.3, -0.25) is 19.5 Å². The molecule has 3 unspecified atom stereocenters. The Kier molecular flexibility index (Phi) is 9.38. The summed E-state index contributed by atoms with van der Waals surface area (Å²) >= 11 is 0. The molecule has 0 aliphatic carbocycles. The van der Waals surface area contributed by atoms with Crippen LogP contribution in [0.2, 0.25) is 0 Å². The first-order chi connectivity index (χ1) is 14.4. The van der Waals surface area contributed by atoms with Crippen LogP contribution >= 0.6 is 0 Å². The lowest BCUT2D eigenvalue weighted by Crippen LogP contribution is -2.50. The predicted octanol–water partition coefficient (Wildman–Crippen LogP) is 1.28. The summed E-state index contributed by atoms with van der Waals surface area (Å²) in [7, 11) is 0. The molecule has 0 aromatic carbocycles. The number of ether oxygens (including phenoxy) is 2. The molecule has 1 N–H and O–H groups in total. The molecule has 0 saturated carbocycles. The second-order valence-corrected chi connectivity index (χ2v) is 10.1. The zero-order chi connectivity index (χ0) is 21.5. The van der Waals surface area contributed by atoms with Crippen LogP contribution in [0.3, 0.4) is 0 Å². The minimum absolute atomic E-state index is 0.116. The average molecular weight is 425 g/mol. The third-order valence-electron chi connectivity index (χ3n) is 6.46. The molecule has 3 aliphatic heterocycles. The van der Waals surface area contributed by atoms with E-state index in [-0.39, 0.29) is 12.0 Å². The number of carbonyl (C=O) groups excluding carboxylic acids is 1. The van der Waals surface area contributed by atoms with Crippen molar-refractivity contribution in [1.82, 2.24) is 20.0 Å². The Morgan fingerprint density at radius 3 is 2.37 bits per heavy atom. The number of nitrogens with zero attached hydrogens (tertiary/aromatic N) is 3. The number of carbonyl (C=O) groups is 1. The molecule has 0 spiro atoms. The first-order valence-corrected chi connectivity index (χ1v) is 12.1. The van der Waals surface area contributed by atoms with Gasteiger partial charge in [0.2, 0.25) is 5.91 Å². The van der Waals surface area contributed by atoms with Crippen LogP contribution in [0, 0.1) is 11.8 Å². The van der Waals surface area contributed by atoms with Crippen molar-refractivity contribution >= 4 is 5.91 Å². The van der Waals surface area contributed by atoms with E-state index in [2.05, 4.69) is 47.7 Å². The number of hydrogen-bond acceptors (Lipinski definition) is 6. The van der Waals surface area contributed by atoms with Gasteiger partial charge in [-0.2, -0.15) is 0 Å². The topological polar surface area (TPSA) is 57.3 Å². The van der Waals surface area contributed by atoms with Crippen molar-refractivity contribution in [1.29, 1.82) is 0 Å². The van der Waals surface area contributed by atoms with Crippen LogP contribution in [0.5, 0.6) is 0 Å². The second kappa shape index (κ2) is 11.8. The maximum absolute atomic E-state index is 12.4. The molecule has 3 aliphatic rings. The molecule has 3 rings (SSSR count). The molecule has 3 fully saturated rings. The molecule has 7 nitrogen and oxygen atoms in total. The molecule has 3 heterocycles. The van der Waals surface area contributed by atoms with Crippen LogP contribution in [0.4, 0.5) is 0 Å². The Bertz CT molecular complexity index is 515. The fraction of sp³-hybridized carbons (Fsp3) is 0.957. The van der Waals surface area contributed by atoms with E-state index in [0.717, 1.165) is 58.3 Å². The molecule has 30 heavy (non-hydrogen) atoms. The molecule has 0 aromatic rings. The quantitative estimate of drug-likeness (QED) is 0.634. The van der Waals surface area contributed by atoms with E-state index in [1.165, 1.54) is 19.4 Å². The molecule has 0 bridgehead atoms. The van der Waals surface area contributed by atoms with Gasteiger partial charge in [-0.25, -0.2) is 0 Å². The minimum atomic E-state index is 0.116. The van der Waals surface area contributed by atoms with Crippen molar-refractivity contribution in [3.63, 3.8) is 0 Å². The van der Waals surface area contributed by atoms with Gasteiger partial charge in [0.25, 0.3) is 0 Å². The smallest absolute Gasteiger partial charge is 0.234 e. The minimum Gasteiger partial charge on any atom is -0.374 e. The van der Waals surface area contributed by atoms with Crippen molar-refractivity contribution in [3.8, 4) is 0 Å².